The van der Waals surface area contributed by atoms with Gasteiger partial charge >= 0.3 is 12.1 Å². The Kier molecular flexibility index (Phi) is 8.84. The minimum Gasteiger partial charge on any atom is -0.504 e. The maximum absolute atomic E-state index is 13.4. The smallest absolute Gasteiger partial charge is 0.408 e. The Morgan fingerprint density at radius 2 is 1.88 bits per heavy atom. The van der Waals surface area contributed by atoms with Gasteiger partial charge in [0.05, 0.1) is 0 Å². The van der Waals surface area contributed by atoms with E-state index in [9.17, 15) is 23.1 Å². The Bertz CT molecular complexity index is 553. The van der Waals surface area contributed by atoms with Crippen molar-refractivity contribution < 1.29 is 27.8 Å². The number of benzene rings is 1. The molecule has 0 amide bonds. The van der Waals surface area contributed by atoms with Crippen LogP contribution in [0.25, 0.3) is 0 Å². The van der Waals surface area contributed by atoms with Crippen molar-refractivity contribution in [3.63, 3.8) is 0 Å². The number of hydrogen-bond donors (Lipinski definition) is 2. The van der Waals surface area contributed by atoms with Crippen molar-refractivity contribution in [2.45, 2.75) is 19.1 Å². The molecule has 0 unspecified atom stereocenters. The van der Waals surface area contributed by atoms with E-state index >= 15 is 0 Å². The second kappa shape index (κ2) is 9.31. The number of rotatable bonds is 3. The molecule has 1 saturated heterocycles. The van der Waals surface area contributed by atoms with Crippen LogP contribution in [0.5, 0.6) is 11.5 Å². The van der Waals surface area contributed by atoms with Crippen LogP contribution in [0.2, 0.25) is 0 Å². The number of hydrogen-bond acceptors (Lipinski definition) is 5. The van der Waals surface area contributed by atoms with Crippen LogP contribution in [0.4, 0.5) is 13.2 Å². The normalized spacial score (nSPS) is 16.5. The molecule has 1 fully saturated rings. The average Bonchev–Trinajstić information content (AvgIpc) is 2.41. The molecule has 0 saturated carbocycles. The lowest BCUT2D eigenvalue weighted by atomic mass is 10.0. The molecule has 1 aliphatic heterocycles. The molecule has 0 aromatic heterocycles. The van der Waals surface area contributed by atoms with Crippen LogP contribution in [0.15, 0.2) is 18.2 Å². The van der Waals surface area contributed by atoms with E-state index in [1.807, 2.05) is 0 Å². The van der Waals surface area contributed by atoms with E-state index < -0.39 is 23.9 Å². The molecule has 2 N–H and O–H groups in total. The van der Waals surface area contributed by atoms with Gasteiger partial charge in [0, 0.05) is 33.1 Å². The van der Waals surface area contributed by atoms with Crippen LogP contribution in [-0.2, 0) is 4.79 Å². The van der Waals surface area contributed by atoms with Crippen molar-refractivity contribution in [1.82, 2.24) is 10.2 Å². The monoisotopic (exact) mass is 390 g/mol. The van der Waals surface area contributed by atoms with E-state index in [1.54, 1.807) is 0 Å². The van der Waals surface area contributed by atoms with E-state index in [0.29, 0.717) is 13.1 Å². The molecule has 5 nitrogen and oxygen atoms in total. The number of phenolic OH excluding ortho intramolecular Hbond substituents is 1. The van der Waals surface area contributed by atoms with Crippen molar-refractivity contribution in [2.75, 3.05) is 26.2 Å². The Morgan fingerprint density at radius 3 is 2.33 bits per heavy atom. The van der Waals surface area contributed by atoms with E-state index in [-0.39, 0.29) is 49.2 Å². The molecule has 2 rings (SSSR count). The Labute approximate surface area is 150 Å². The summed E-state index contributed by atoms with van der Waals surface area (Å²) in [6.45, 7) is 2.62. The Balaban J connectivity index is 0.00000264. The van der Waals surface area contributed by atoms with Gasteiger partial charge < -0.3 is 15.2 Å². The molecule has 0 bridgehead atoms. The molecule has 1 aromatic carbocycles. The molecular weight excluding hydrogens is 372 g/mol. The fourth-order valence-electron chi connectivity index (χ4n) is 2.49. The van der Waals surface area contributed by atoms with Gasteiger partial charge in [0.2, 0.25) is 0 Å². The van der Waals surface area contributed by atoms with Gasteiger partial charge in [-0.25, -0.2) is 0 Å². The van der Waals surface area contributed by atoms with Crippen LogP contribution >= 0.6 is 24.8 Å². The predicted octanol–water partition coefficient (Wildman–Crippen LogP) is 2.67. The lowest BCUT2D eigenvalue weighted by Crippen LogP contribution is -2.49. The molecule has 138 valence electrons. The van der Waals surface area contributed by atoms with Crippen molar-refractivity contribution in [2.24, 2.45) is 0 Å². The van der Waals surface area contributed by atoms with Crippen molar-refractivity contribution in [3.05, 3.63) is 23.8 Å². The first kappa shape index (κ1) is 22.8. The van der Waals surface area contributed by atoms with Gasteiger partial charge in [0.15, 0.2) is 11.5 Å². The molecule has 1 aromatic rings. The first-order valence-electron chi connectivity index (χ1n) is 6.82. The SMILES string of the molecule is CC(=O)Oc1ccc([C@H](N2CCNCC2)C(F)(F)F)cc1O.Cl.Cl. The minimum absolute atomic E-state index is 0. The van der Waals surface area contributed by atoms with Crippen molar-refractivity contribution in [1.29, 1.82) is 0 Å². The molecule has 1 atom stereocenters. The summed E-state index contributed by atoms with van der Waals surface area (Å²) in [5.41, 5.74) is -0.0807. The van der Waals surface area contributed by atoms with Gasteiger partial charge in [-0.15, -0.1) is 24.8 Å². The highest BCUT2D eigenvalue weighted by Crippen LogP contribution is 2.40. The quantitative estimate of drug-likeness (QED) is 0.613. The zero-order valence-corrected chi connectivity index (χ0v) is 14.4. The zero-order valence-electron chi connectivity index (χ0n) is 12.8. The summed E-state index contributed by atoms with van der Waals surface area (Å²) in [6, 6.07) is 1.59. The highest BCUT2D eigenvalue weighted by atomic mass is 35.5. The van der Waals surface area contributed by atoms with Crippen LogP contribution in [0, 0.1) is 0 Å². The number of phenols is 1. The predicted molar refractivity (Wildman–Crippen MR) is 87.2 cm³/mol. The molecule has 1 aliphatic rings. The highest BCUT2D eigenvalue weighted by molar-refractivity contribution is 5.85. The lowest BCUT2D eigenvalue weighted by molar-refractivity contribution is -0.187. The van der Waals surface area contributed by atoms with Crippen molar-refractivity contribution >= 4 is 30.8 Å². The molecule has 1 heterocycles. The van der Waals surface area contributed by atoms with Crippen LogP contribution in [0.1, 0.15) is 18.5 Å². The second-order valence-corrected chi connectivity index (χ2v) is 5.05. The first-order valence-corrected chi connectivity index (χ1v) is 6.82. The number of halogens is 5. The zero-order chi connectivity index (χ0) is 16.3. The average molecular weight is 391 g/mol. The van der Waals surface area contributed by atoms with Crippen LogP contribution in [0.3, 0.4) is 0 Å². The number of piperazine rings is 1. The Hall–Kier alpha value is -1.22. The number of carbonyl (C=O) groups is 1. The molecular formula is C14H19Cl2F3N2O3. The third-order valence-corrected chi connectivity index (χ3v) is 3.38. The summed E-state index contributed by atoms with van der Waals surface area (Å²) in [5, 5.41) is 12.8. The first-order chi connectivity index (χ1) is 10.3. The largest absolute Gasteiger partial charge is 0.504 e. The maximum Gasteiger partial charge on any atom is 0.408 e. The van der Waals surface area contributed by atoms with Crippen LogP contribution < -0.4 is 10.1 Å². The Morgan fingerprint density at radius 1 is 1.29 bits per heavy atom. The minimum atomic E-state index is -4.47. The summed E-state index contributed by atoms with van der Waals surface area (Å²) in [4.78, 5) is 12.2. The van der Waals surface area contributed by atoms with Crippen LogP contribution in [-0.4, -0.2) is 48.3 Å². The van der Waals surface area contributed by atoms with E-state index in [4.69, 9.17) is 4.74 Å². The summed E-state index contributed by atoms with van der Waals surface area (Å²) < 4.78 is 44.9. The highest BCUT2D eigenvalue weighted by Gasteiger charge is 2.45. The third kappa shape index (κ3) is 5.70. The number of nitrogens with zero attached hydrogens (tertiary/aromatic N) is 1. The van der Waals surface area contributed by atoms with Crippen molar-refractivity contribution in [3.8, 4) is 11.5 Å². The summed E-state index contributed by atoms with van der Waals surface area (Å²) in [5.74, 6) is -1.30. The molecule has 10 heteroatoms. The summed E-state index contributed by atoms with van der Waals surface area (Å²) in [6.07, 6.45) is -4.47. The number of aromatic hydroxyl groups is 1. The van der Waals surface area contributed by atoms with E-state index in [0.717, 1.165) is 13.0 Å². The summed E-state index contributed by atoms with van der Waals surface area (Å²) in [7, 11) is 0. The summed E-state index contributed by atoms with van der Waals surface area (Å²) >= 11 is 0. The third-order valence-electron chi connectivity index (χ3n) is 3.38. The fourth-order valence-corrected chi connectivity index (χ4v) is 2.49. The number of nitrogens with one attached hydrogen (secondary N) is 1. The fraction of sp³-hybridized carbons (Fsp3) is 0.500. The van der Waals surface area contributed by atoms with E-state index in [1.165, 1.54) is 17.0 Å². The number of esters is 1. The van der Waals surface area contributed by atoms with Gasteiger partial charge in [-0.2, -0.15) is 13.2 Å². The standard InChI is InChI=1S/C14H17F3N2O3.2ClH/c1-9(20)22-12-3-2-10(8-11(12)21)13(14(15,16)17)19-6-4-18-5-7-19;;/h2-3,8,13,18,21H,4-7H2,1H3;2*1H/t13-;;/m0../s1. The lowest BCUT2D eigenvalue weighted by Gasteiger charge is -2.36. The second-order valence-electron chi connectivity index (χ2n) is 5.05. The van der Waals surface area contributed by atoms with Gasteiger partial charge in [0.25, 0.3) is 0 Å². The molecule has 24 heavy (non-hydrogen) atoms. The van der Waals surface area contributed by atoms with Gasteiger partial charge in [-0.05, 0) is 17.7 Å². The maximum atomic E-state index is 13.4. The molecule has 0 spiro atoms. The van der Waals surface area contributed by atoms with Gasteiger partial charge in [-0.3, -0.25) is 9.69 Å². The number of carbonyl (C=O) groups excluding carboxylic acids is 1. The topological polar surface area (TPSA) is 61.8 Å². The number of alkyl halides is 3. The van der Waals surface area contributed by atoms with E-state index in [2.05, 4.69) is 5.32 Å². The van der Waals surface area contributed by atoms with Gasteiger partial charge in [0.1, 0.15) is 6.04 Å². The molecule has 0 radical (unpaired) electrons. The van der Waals surface area contributed by atoms with Gasteiger partial charge in [-0.1, -0.05) is 6.07 Å². The number of ether oxygens (including phenoxy) is 1. The molecule has 0 aliphatic carbocycles.